The predicted octanol–water partition coefficient (Wildman–Crippen LogP) is 6.35. The molecule has 5 heteroatoms. The number of halogens is 2. The van der Waals surface area contributed by atoms with Gasteiger partial charge in [-0.2, -0.15) is 0 Å². The van der Waals surface area contributed by atoms with Crippen molar-refractivity contribution in [2.45, 2.75) is 20.1 Å². The van der Waals surface area contributed by atoms with Crippen molar-refractivity contribution >= 4 is 40.4 Å². The molecule has 0 heterocycles. The number of benzene rings is 3. The Morgan fingerprint density at radius 3 is 2.22 bits per heavy atom. The van der Waals surface area contributed by atoms with E-state index in [4.69, 9.17) is 40.2 Å². The maximum absolute atomic E-state index is 6.02. The van der Waals surface area contributed by atoms with Gasteiger partial charge >= 0.3 is 0 Å². The summed E-state index contributed by atoms with van der Waals surface area (Å²) in [7, 11) is 0. The van der Waals surface area contributed by atoms with Gasteiger partial charge in [-0.05, 0) is 54.4 Å². The summed E-state index contributed by atoms with van der Waals surface area (Å²) in [4.78, 5) is 0.714. The van der Waals surface area contributed by atoms with Gasteiger partial charge in [-0.3, -0.25) is 0 Å². The molecule has 138 valence electrons. The highest BCUT2D eigenvalue weighted by Crippen LogP contribution is 2.23. The van der Waals surface area contributed by atoms with Crippen LogP contribution in [-0.4, -0.2) is 4.99 Å². The Bertz CT molecular complexity index is 924. The molecule has 0 saturated carbocycles. The Hall–Kier alpha value is -2.07. The van der Waals surface area contributed by atoms with Crippen LogP contribution in [0.1, 0.15) is 22.3 Å². The fourth-order valence-corrected chi connectivity index (χ4v) is 3.02. The summed E-state index contributed by atoms with van der Waals surface area (Å²) in [5, 5.41) is 4.35. The highest BCUT2D eigenvalue weighted by atomic mass is 35.5. The molecule has 0 saturated heterocycles. The number of ether oxygens (including phenoxy) is 1. The zero-order chi connectivity index (χ0) is 19.2. The van der Waals surface area contributed by atoms with Crippen molar-refractivity contribution in [3.8, 4) is 5.75 Å². The molecule has 0 aliphatic carbocycles. The van der Waals surface area contributed by atoms with Gasteiger partial charge in [-0.15, -0.1) is 0 Å². The third-order valence-corrected chi connectivity index (χ3v) is 5.20. The van der Waals surface area contributed by atoms with Crippen molar-refractivity contribution in [1.29, 1.82) is 0 Å². The van der Waals surface area contributed by atoms with Crippen LogP contribution in [0.15, 0.2) is 66.7 Å². The molecule has 0 amide bonds. The molecular formula is C22H19Cl2NOS. The van der Waals surface area contributed by atoms with Crippen molar-refractivity contribution in [2.75, 3.05) is 0 Å². The molecule has 3 aromatic carbocycles. The minimum Gasteiger partial charge on any atom is -0.489 e. The Morgan fingerprint density at radius 1 is 0.889 bits per heavy atom. The molecule has 3 aromatic rings. The smallest absolute Gasteiger partial charge is 0.119 e. The maximum atomic E-state index is 6.02. The van der Waals surface area contributed by atoms with Gasteiger partial charge in [0.25, 0.3) is 0 Å². The van der Waals surface area contributed by atoms with Crippen molar-refractivity contribution < 1.29 is 4.74 Å². The van der Waals surface area contributed by atoms with Gasteiger partial charge < -0.3 is 10.1 Å². The second kappa shape index (κ2) is 9.23. The lowest BCUT2D eigenvalue weighted by Crippen LogP contribution is -2.21. The summed E-state index contributed by atoms with van der Waals surface area (Å²) in [5.74, 6) is 0.770. The van der Waals surface area contributed by atoms with Crippen LogP contribution in [0, 0.1) is 6.92 Å². The van der Waals surface area contributed by atoms with E-state index in [2.05, 4.69) is 36.5 Å². The molecule has 0 radical (unpaired) electrons. The normalized spacial score (nSPS) is 10.5. The first-order valence-electron chi connectivity index (χ1n) is 8.52. The number of hydrogen-bond donors (Lipinski definition) is 1. The van der Waals surface area contributed by atoms with Gasteiger partial charge in [-0.25, -0.2) is 0 Å². The van der Waals surface area contributed by atoms with Crippen LogP contribution in [0.25, 0.3) is 0 Å². The topological polar surface area (TPSA) is 21.3 Å². The molecule has 0 atom stereocenters. The Kier molecular flexibility index (Phi) is 6.73. The first kappa shape index (κ1) is 19.7. The fourth-order valence-electron chi connectivity index (χ4n) is 2.49. The third-order valence-electron chi connectivity index (χ3n) is 4.08. The summed E-state index contributed by atoms with van der Waals surface area (Å²) in [6.07, 6.45) is 0. The molecule has 0 unspecified atom stereocenters. The number of aryl methyl sites for hydroxylation is 1. The summed E-state index contributed by atoms with van der Waals surface area (Å²) in [5.41, 5.74) is 4.37. The molecule has 0 bridgehead atoms. The molecule has 0 aromatic heterocycles. The van der Waals surface area contributed by atoms with Crippen molar-refractivity contribution in [1.82, 2.24) is 5.32 Å². The SMILES string of the molecule is Cc1ccc(CNC(=S)c2ccc(OCc3ccc(Cl)c(Cl)c3)cc2)cc1. The second-order valence-electron chi connectivity index (χ2n) is 6.23. The quantitative estimate of drug-likeness (QED) is 0.474. The maximum Gasteiger partial charge on any atom is 0.119 e. The summed E-state index contributed by atoms with van der Waals surface area (Å²) in [6, 6.07) is 21.6. The van der Waals surface area contributed by atoms with Crippen LogP contribution >= 0.6 is 35.4 Å². The first-order chi connectivity index (χ1) is 13.0. The monoisotopic (exact) mass is 415 g/mol. The molecule has 1 N–H and O–H groups in total. The van der Waals surface area contributed by atoms with Crippen LogP contribution in [0.5, 0.6) is 5.75 Å². The zero-order valence-corrected chi connectivity index (χ0v) is 17.2. The Morgan fingerprint density at radius 2 is 1.56 bits per heavy atom. The average molecular weight is 416 g/mol. The van der Waals surface area contributed by atoms with Crippen molar-refractivity contribution in [2.24, 2.45) is 0 Å². The van der Waals surface area contributed by atoms with Crippen LogP contribution in [0.4, 0.5) is 0 Å². The van der Waals surface area contributed by atoms with Gasteiger partial charge in [0.1, 0.15) is 17.3 Å². The molecule has 0 aliphatic rings. The lowest BCUT2D eigenvalue weighted by atomic mass is 10.1. The van der Waals surface area contributed by atoms with Gasteiger partial charge in [-0.1, -0.05) is 71.3 Å². The van der Waals surface area contributed by atoms with E-state index in [0.717, 1.165) is 16.9 Å². The molecule has 2 nitrogen and oxygen atoms in total. The standard InChI is InChI=1S/C22H19Cl2NOS/c1-15-2-4-16(5-3-15)13-25-22(27)18-7-9-19(10-8-18)26-14-17-6-11-20(23)21(24)12-17/h2-12H,13-14H2,1H3,(H,25,27). The van der Waals surface area contributed by atoms with Crippen LogP contribution in [0.3, 0.4) is 0 Å². The first-order valence-corrected chi connectivity index (χ1v) is 9.68. The Labute approximate surface area is 175 Å². The molecule has 0 spiro atoms. The van der Waals surface area contributed by atoms with E-state index in [1.165, 1.54) is 11.1 Å². The van der Waals surface area contributed by atoms with E-state index in [1.807, 2.05) is 36.4 Å². The molecule has 0 fully saturated rings. The van der Waals surface area contributed by atoms with Crippen molar-refractivity contribution in [3.05, 3.63) is 99.0 Å². The zero-order valence-electron chi connectivity index (χ0n) is 14.8. The molecule has 0 aliphatic heterocycles. The van der Waals surface area contributed by atoms with Crippen LogP contribution in [-0.2, 0) is 13.2 Å². The summed E-state index contributed by atoms with van der Waals surface area (Å²) < 4.78 is 5.80. The van der Waals surface area contributed by atoms with Crippen LogP contribution in [0.2, 0.25) is 10.0 Å². The third kappa shape index (κ3) is 5.70. The lowest BCUT2D eigenvalue weighted by Gasteiger charge is -2.10. The van der Waals surface area contributed by atoms with Gasteiger partial charge in [0.05, 0.1) is 10.0 Å². The predicted molar refractivity (Wildman–Crippen MR) is 117 cm³/mol. The highest BCUT2D eigenvalue weighted by Gasteiger charge is 2.04. The largest absolute Gasteiger partial charge is 0.489 e. The summed E-state index contributed by atoms with van der Waals surface area (Å²) in [6.45, 7) is 3.20. The number of rotatable bonds is 6. The van der Waals surface area contributed by atoms with Crippen molar-refractivity contribution in [3.63, 3.8) is 0 Å². The van der Waals surface area contributed by atoms with Gasteiger partial charge in [0.15, 0.2) is 0 Å². The number of hydrogen-bond acceptors (Lipinski definition) is 2. The van der Waals surface area contributed by atoms with E-state index >= 15 is 0 Å². The van der Waals surface area contributed by atoms with Crippen LogP contribution < -0.4 is 10.1 Å². The Balaban J connectivity index is 1.53. The highest BCUT2D eigenvalue weighted by molar-refractivity contribution is 7.80. The minimum absolute atomic E-state index is 0.423. The number of thiocarbonyl (C=S) groups is 1. The van der Waals surface area contributed by atoms with E-state index in [9.17, 15) is 0 Å². The van der Waals surface area contributed by atoms with E-state index in [1.54, 1.807) is 6.07 Å². The minimum atomic E-state index is 0.423. The summed E-state index contributed by atoms with van der Waals surface area (Å²) >= 11 is 17.4. The van der Waals surface area contributed by atoms with Gasteiger partial charge in [0, 0.05) is 12.1 Å². The molecule has 27 heavy (non-hydrogen) atoms. The van der Waals surface area contributed by atoms with Gasteiger partial charge in [0.2, 0.25) is 0 Å². The van der Waals surface area contributed by atoms with E-state index in [0.29, 0.717) is 28.2 Å². The van der Waals surface area contributed by atoms with E-state index < -0.39 is 0 Å². The average Bonchev–Trinajstić information content (AvgIpc) is 2.68. The fraction of sp³-hybridized carbons (Fsp3) is 0.136. The number of nitrogens with one attached hydrogen (secondary N) is 1. The molecular weight excluding hydrogens is 397 g/mol. The second-order valence-corrected chi connectivity index (χ2v) is 7.45. The van der Waals surface area contributed by atoms with E-state index in [-0.39, 0.29) is 0 Å². The molecule has 3 rings (SSSR count). The lowest BCUT2D eigenvalue weighted by molar-refractivity contribution is 0.306.